The summed E-state index contributed by atoms with van der Waals surface area (Å²) in [6, 6.07) is 10.8. The number of hydrogen-bond acceptors (Lipinski definition) is 4. The fourth-order valence-electron chi connectivity index (χ4n) is 6.70. The molecule has 6 nitrogen and oxygen atoms in total. The summed E-state index contributed by atoms with van der Waals surface area (Å²) in [4.78, 5) is 28.1. The number of amides is 1. The van der Waals surface area contributed by atoms with Crippen LogP contribution in [0.3, 0.4) is 0 Å². The third-order valence-electron chi connectivity index (χ3n) is 8.98. The average Bonchev–Trinajstić information content (AvgIpc) is 3.54. The molecular weight excluding hydrogens is 737 g/mol. The molecule has 1 saturated heterocycles. The second-order valence-electron chi connectivity index (χ2n) is 11.5. The Labute approximate surface area is 262 Å². The van der Waals surface area contributed by atoms with Gasteiger partial charge in [0.05, 0.1) is 16.0 Å². The first-order chi connectivity index (χ1) is 19.7. The Hall–Kier alpha value is -1.77. The van der Waals surface area contributed by atoms with E-state index >= 15 is 0 Å². The summed E-state index contributed by atoms with van der Waals surface area (Å²) < 4.78 is 7.33. The second-order valence-corrected chi connectivity index (χ2v) is 13.8. The van der Waals surface area contributed by atoms with Gasteiger partial charge in [-0.3, -0.25) is 4.79 Å². The molecule has 0 spiro atoms. The summed E-state index contributed by atoms with van der Waals surface area (Å²) in [5, 5.41) is 10.8. The van der Waals surface area contributed by atoms with Gasteiger partial charge in [0.15, 0.2) is 0 Å². The molecule has 1 unspecified atom stereocenters. The SMILES string of the molecule is CCc1cc(CN(CC2CCC(C(=O)O)CC2)C2CCc3c2ccc(Cl)c3Cl)ccc1OCCN1C(=O)CC[C]1=[Os]. The van der Waals surface area contributed by atoms with Crippen molar-refractivity contribution >= 4 is 39.3 Å². The van der Waals surface area contributed by atoms with Crippen LogP contribution < -0.4 is 4.74 Å². The molecule has 41 heavy (non-hydrogen) atoms. The van der Waals surface area contributed by atoms with Crippen molar-refractivity contribution in [1.29, 1.82) is 0 Å². The number of carbonyl (C=O) groups excluding carboxylic acids is 1. The van der Waals surface area contributed by atoms with Crippen LogP contribution in [-0.2, 0) is 47.1 Å². The van der Waals surface area contributed by atoms with Crippen LogP contribution in [0.4, 0.5) is 0 Å². The van der Waals surface area contributed by atoms with Gasteiger partial charge in [-0.25, -0.2) is 0 Å². The summed E-state index contributed by atoms with van der Waals surface area (Å²) >= 11 is 14.8. The number of aliphatic carboxylic acids is 1. The molecule has 2 fully saturated rings. The molecule has 2 aromatic rings. The van der Waals surface area contributed by atoms with Crippen molar-refractivity contribution in [2.75, 3.05) is 19.7 Å². The van der Waals surface area contributed by atoms with Gasteiger partial charge in [0.25, 0.3) is 0 Å². The quantitative estimate of drug-likeness (QED) is 0.278. The number of likely N-dealkylation sites (tertiary alicyclic amines) is 1. The molecule has 1 atom stereocenters. The summed E-state index contributed by atoms with van der Waals surface area (Å²) in [7, 11) is 0. The van der Waals surface area contributed by atoms with E-state index < -0.39 is 5.97 Å². The molecule has 1 saturated carbocycles. The predicted octanol–water partition coefficient (Wildman–Crippen LogP) is 6.61. The molecule has 0 bridgehead atoms. The van der Waals surface area contributed by atoms with Gasteiger partial charge in [-0.15, -0.1) is 0 Å². The molecule has 222 valence electrons. The second kappa shape index (κ2) is 13.7. The van der Waals surface area contributed by atoms with Crippen molar-refractivity contribution in [1.82, 2.24) is 9.80 Å². The van der Waals surface area contributed by atoms with Crippen LogP contribution in [0.1, 0.15) is 80.2 Å². The average molecular weight is 776 g/mol. The van der Waals surface area contributed by atoms with E-state index in [2.05, 4.69) is 36.1 Å². The van der Waals surface area contributed by atoms with E-state index in [1.54, 1.807) is 18.1 Å². The number of carboxylic acid groups (broad SMARTS) is 1. The fraction of sp³-hybridized carbons (Fsp3) is 0.531. The van der Waals surface area contributed by atoms with Crippen molar-refractivity contribution in [3.8, 4) is 5.75 Å². The number of carboxylic acids is 1. The van der Waals surface area contributed by atoms with E-state index in [4.69, 9.17) is 27.9 Å². The number of nitrogens with zero attached hydrogens (tertiary/aromatic N) is 2. The first-order valence-corrected chi connectivity index (χ1v) is 16.8. The Bertz CT molecular complexity index is 1290. The van der Waals surface area contributed by atoms with Crippen LogP contribution in [0, 0.1) is 11.8 Å². The van der Waals surface area contributed by atoms with Crippen LogP contribution in [0.5, 0.6) is 5.75 Å². The van der Waals surface area contributed by atoms with Crippen LogP contribution in [0.2, 0.25) is 10.0 Å². The van der Waals surface area contributed by atoms with Gasteiger partial charge in [-0.2, -0.15) is 0 Å². The zero-order chi connectivity index (χ0) is 29.1. The number of halogens is 2. The van der Waals surface area contributed by atoms with E-state index in [9.17, 15) is 14.7 Å². The first-order valence-electron chi connectivity index (χ1n) is 14.7. The van der Waals surface area contributed by atoms with Crippen molar-refractivity contribution in [3.63, 3.8) is 0 Å². The third-order valence-corrected chi connectivity index (χ3v) is 11.1. The Morgan fingerprint density at radius 1 is 1.10 bits per heavy atom. The number of benzene rings is 2. The monoisotopic (exact) mass is 776 g/mol. The molecule has 0 aromatic heterocycles. The van der Waals surface area contributed by atoms with Crippen LogP contribution in [0.25, 0.3) is 0 Å². The zero-order valence-corrected chi connectivity index (χ0v) is 27.5. The third kappa shape index (κ3) is 7.07. The number of rotatable bonds is 11. The Kier molecular flexibility index (Phi) is 10.2. The molecule has 1 heterocycles. The molecule has 2 aromatic carbocycles. The molecule has 0 radical (unpaired) electrons. The van der Waals surface area contributed by atoms with E-state index in [1.807, 2.05) is 11.0 Å². The van der Waals surface area contributed by atoms with Crippen molar-refractivity contribution in [3.05, 3.63) is 62.6 Å². The van der Waals surface area contributed by atoms with Gasteiger partial charge in [-0.1, -0.05) is 29.3 Å². The van der Waals surface area contributed by atoms with Crippen molar-refractivity contribution in [2.45, 2.75) is 77.3 Å². The fourth-order valence-corrected chi connectivity index (χ4v) is 8.06. The van der Waals surface area contributed by atoms with Gasteiger partial charge in [0, 0.05) is 0 Å². The minimum absolute atomic E-state index is 0.193. The van der Waals surface area contributed by atoms with Gasteiger partial charge in [0.2, 0.25) is 0 Å². The molecule has 1 N–H and O–H groups in total. The van der Waals surface area contributed by atoms with Crippen molar-refractivity contribution < 1.29 is 37.6 Å². The maximum absolute atomic E-state index is 12.1. The number of ether oxygens (including phenoxy) is 1. The van der Waals surface area contributed by atoms with Crippen LogP contribution >= 0.6 is 23.2 Å². The number of aryl methyl sites for hydroxylation is 1. The molecule has 9 heteroatoms. The van der Waals surface area contributed by atoms with Gasteiger partial charge in [-0.05, 0) is 61.6 Å². The first kappa shape index (κ1) is 30.7. The summed E-state index contributed by atoms with van der Waals surface area (Å²) in [5.41, 5.74) is 4.83. The van der Waals surface area contributed by atoms with E-state index in [1.165, 1.54) is 16.7 Å². The molecule has 1 amide bonds. The Balaban J connectivity index is 1.31. The number of fused-ring (bicyclic) bond motifs is 1. The Morgan fingerprint density at radius 3 is 2.56 bits per heavy atom. The maximum atomic E-state index is 12.1. The Morgan fingerprint density at radius 2 is 1.88 bits per heavy atom. The van der Waals surface area contributed by atoms with E-state index in [-0.39, 0.29) is 17.9 Å². The zero-order valence-electron chi connectivity index (χ0n) is 23.5. The molecule has 3 aliphatic rings. The van der Waals surface area contributed by atoms with Gasteiger partial charge >= 0.3 is 147 Å². The molecular formula is C32H38Cl2N2O4Os. The van der Waals surface area contributed by atoms with Crippen molar-refractivity contribution in [2.24, 2.45) is 11.8 Å². The van der Waals surface area contributed by atoms with Crippen LogP contribution in [0.15, 0.2) is 30.3 Å². The molecule has 2 aliphatic carbocycles. The topological polar surface area (TPSA) is 70.1 Å². The normalized spacial score (nSPS) is 22.5. The van der Waals surface area contributed by atoms with E-state index in [0.29, 0.717) is 35.5 Å². The molecule has 5 rings (SSSR count). The van der Waals surface area contributed by atoms with Gasteiger partial charge in [0.1, 0.15) is 0 Å². The standard InChI is InChI=1S/C32H38Cl2N2O4.Os/c1-2-23-18-22(7-14-29(23)40-17-16-35-15-3-4-30(35)37)20-36(19-21-5-8-24(9-6-21)32(38)39)28-13-11-26-25(28)10-12-27(33)31(26)34;/h7,10,12,14,18,21,24,28H,2-6,8-9,11,13,16-17,19-20H2,1H3,(H,38,39);. The number of hydrogen-bond donors (Lipinski definition) is 1. The van der Waals surface area contributed by atoms with E-state index in [0.717, 1.165) is 80.0 Å². The number of carbonyl (C=O) groups is 2. The van der Waals surface area contributed by atoms with Gasteiger partial charge < -0.3 is 5.11 Å². The summed E-state index contributed by atoms with van der Waals surface area (Å²) in [5.74, 6) is 0.678. The minimum atomic E-state index is -0.661. The predicted molar refractivity (Wildman–Crippen MR) is 158 cm³/mol. The molecule has 1 aliphatic heterocycles. The van der Waals surface area contributed by atoms with Crippen LogP contribution in [-0.4, -0.2) is 50.7 Å². The summed E-state index contributed by atoms with van der Waals surface area (Å²) in [6.45, 7) is 4.94. The summed E-state index contributed by atoms with van der Waals surface area (Å²) in [6.07, 6.45) is 7.62.